The van der Waals surface area contributed by atoms with Gasteiger partial charge in [-0.05, 0) is 57.1 Å². The second-order valence-electron chi connectivity index (χ2n) is 7.87. The highest BCUT2D eigenvalue weighted by Crippen LogP contribution is 2.33. The van der Waals surface area contributed by atoms with Gasteiger partial charge in [-0.2, -0.15) is 0 Å². The molecule has 3 atom stereocenters. The molecule has 0 aromatic rings. The van der Waals surface area contributed by atoms with E-state index in [4.69, 9.17) is 11.5 Å². The van der Waals surface area contributed by atoms with Crippen molar-refractivity contribution in [3.05, 3.63) is 58.9 Å². The Kier molecular flexibility index (Phi) is 13.3. The van der Waals surface area contributed by atoms with Crippen molar-refractivity contribution in [3.63, 3.8) is 0 Å². The predicted octanol–water partition coefficient (Wildman–Crippen LogP) is 6.38. The fourth-order valence-electron chi connectivity index (χ4n) is 3.55. The maximum atomic E-state index is 13.0. The van der Waals surface area contributed by atoms with Crippen molar-refractivity contribution in [1.82, 2.24) is 0 Å². The van der Waals surface area contributed by atoms with Crippen LogP contribution in [-0.2, 0) is 4.79 Å². The second-order valence-corrected chi connectivity index (χ2v) is 7.87. The van der Waals surface area contributed by atoms with Crippen molar-refractivity contribution in [2.75, 3.05) is 0 Å². The summed E-state index contributed by atoms with van der Waals surface area (Å²) >= 11 is 0. The van der Waals surface area contributed by atoms with Crippen LogP contribution in [0.2, 0.25) is 0 Å². The maximum Gasteiger partial charge on any atom is 0.169 e. The number of hydrogen-bond donors (Lipinski definition) is 2. The van der Waals surface area contributed by atoms with Crippen molar-refractivity contribution in [3.8, 4) is 0 Å². The highest BCUT2D eigenvalue weighted by Gasteiger charge is 2.29. The number of carbonyl (C=O) groups is 1. The van der Waals surface area contributed by atoms with Crippen LogP contribution in [0.4, 0.5) is 0 Å². The normalized spacial score (nSPS) is 18.1. The molecule has 0 heterocycles. The van der Waals surface area contributed by atoms with Gasteiger partial charge in [0, 0.05) is 23.2 Å². The first-order valence-corrected chi connectivity index (χ1v) is 11.2. The second kappa shape index (κ2) is 14.2. The predicted molar refractivity (Wildman–Crippen MR) is 128 cm³/mol. The lowest BCUT2D eigenvalue weighted by Crippen LogP contribution is -2.34. The highest BCUT2D eigenvalue weighted by molar-refractivity contribution is 6.02. The van der Waals surface area contributed by atoms with E-state index in [9.17, 15) is 4.79 Å². The van der Waals surface area contributed by atoms with Gasteiger partial charge in [-0.1, -0.05) is 77.0 Å². The number of hydrogen-bond acceptors (Lipinski definition) is 3. The van der Waals surface area contributed by atoms with Gasteiger partial charge < -0.3 is 11.5 Å². The molecule has 3 nitrogen and oxygen atoms in total. The molecule has 1 aliphatic rings. The van der Waals surface area contributed by atoms with E-state index >= 15 is 0 Å². The molecule has 0 radical (unpaired) electrons. The molecule has 3 heteroatoms. The SMILES string of the molecule is C=C1CC(C(C)CC/C=C/C)=CC(N)=C1C(=O)C(C)C(N)/C=C(\C)CCC.CC. The summed E-state index contributed by atoms with van der Waals surface area (Å²) in [6, 6.07) is -0.303. The first-order valence-electron chi connectivity index (χ1n) is 11.2. The van der Waals surface area contributed by atoms with E-state index in [0.29, 0.717) is 23.6 Å². The van der Waals surface area contributed by atoms with E-state index < -0.39 is 0 Å². The Morgan fingerprint density at radius 3 is 2.45 bits per heavy atom. The summed E-state index contributed by atoms with van der Waals surface area (Å²) in [7, 11) is 0. The minimum absolute atomic E-state index is 0.00224. The first kappa shape index (κ1) is 27.1. The molecule has 0 fully saturated rings. The molecule has 4 N–H and O–H groups in total. The lowest BCUT2D eigenvalue weighted by Gasteiger charge is -2.26. The van der Waals surface area contributed by atoms with E-state index in [2.05, 4.69) is 39.5 Å². The molecule has 29 heavy (non-hydrogen) atoms. The van der Waals surface area contributed by atoms with Gasteiger partial charge in [0.1, 0.15) is 0 Å². The van der Waals surface area contributed by atoms with Gasteiger partial charge in [0.15, 0.2) is 5.78 Å². The standard InChI is InChI=1S/C24H38N2O.C2H6/c1-7-9-10-12-17(4)20-14-18(5)23(22(26)15-20)24(27)19(6)21(25)13-16(3)11-8-2;1-2/h7,9,13,15,17,19,21H,5,8,10-12,14,25-26H2,1-4,6H3;1-2H3/b9-7+,16-13+;. The van der Waals surface area contributed by atoms with Crippen molar-refractivity contribution < 1.29 is 4.79 Å². The first-order chi connectivity index (χ1) is 13.7. The summed E-state index contributed by atoms with van der Waals surface area (Å²) in [5.41, 5.74) is 17.0. The molecular formula is C26H44N2O. The third-order valence-electron chi connectivity index (χ3n) is 5.39. The summed E-state index contributed by atoms with van der Waals surface area (Å²) in [5.74, 6) is 0.110. The molecule has 164 valence electrons. The Morgan fingerprint density at radius 2 is 1.93 bits per heavy atom. The zero-order valence-corrected chi connectivity index (χ0v) is 19.8. The fraction of sp³-hybridized carbons (Fsp3) is 0.577. The van der Waals surface area contributed by atoms with Gasteiger partial charge >= 0.3 is 0 Å². The van der Waals surface area contributed by atoms with Crippen LogP contribution >= 0.6 is 0 Å². The van der Waals surface area contributed by atoms with Gasteiger partial charge in [0.2, 0.25) is 0 Å². The average Bonchev–Trinajstić information content (AvgIpc) is 2.68. The van der Waals surface area contributed by atoms with E-state index in [1.54, 1.807) is 0 Å². The third kappa shape index (κ3) is 8.57. The largest absolute Gasteiger partial charge is 0.398 e. The quantitative estimate of drug-likeness (QED) is 0.418. The summed E-state index contributed by atoms with van der Waals surface area (Å²) in [4.78, 5) is 13.0. The molecule has 0 saturated carbocycles. The van der Waals surface area contributed by atoms with E-state index in [-0.39, 0.29) is 17.7 Å². The van der Waals surface area contributed by atoms with Crippen LogP contribution in [0.3, 0.4) is 0 Å². The molecule has 0 spiro atoms. The monoisotopic (exact) mass is 400 g/mol. The van der Waals surface area contributed by atoms with E-state index in [1.165, 1.54) is 11.1 Å². The number of rotatable bonds is 10. The van der Waals surface area contributed by atoms with Gasteiger partial charge in [-0.3, -0.25) is 4.79 Å². The molecule has 0 aromatic carbocycles. The van der Waals surface area contributed by atoms with Crippen molar-refractivity contribution in [2.45, 2.75) is 86.6 Å². The van der Waals surface area contributed by atoms with Gasteiger partial charge in [-0.15, -0.1) is 0 Å². The molecule has 0 amide bonds. The zero-order valence-electron chi connectivity index (χ0n) is 19.8. The Hall–Kier alpha value is -1.87. The molecule has 0 bridgehead atoms. The molecule has 1 aliphatic carbocycles. The summed E-state index contributed by atoms with van der Waals surface area (Å²) in [6.07, 6.45) is 13.2. The Labute approximate surface area is 179 Å². The minimum Gasteiger partial charge on any atom is -0.398 e. The Balaban J connectivity index is 0.00000379. The Morgan fingerprint density at radius 1 is 1.31 bits per heavy atom. The molecule has 0 aromatic heterocycles. The Bertz CT molecular complexity index is 664. The van der Waals surface area contributed by atoms with Crippen LogP contribution in [0.15, 0.2) is 58.9 Å². The van der Waals surface area contributed by atoms with Gasteiger partial charge in [0.05, 0.1) is 0 Å². The molecule has 0 saturated heterocycles. The maximum absolute atomic E-state index is 13.0. The number of carbonyl (C=O) groups excluding carboxylic acids is 1. The number of ketones is 1. The van der Waals surface area contributed by atoms with Crippen LogP contribution in [-0.4, -0.2) is 11.8 Å². The topological polar surface area (TPSA) is 69.1 Å². The zero-order chi connectivity index (χ0) is 22.6. The highest BCUT2D eigenvalue weighted by atomic mass is 16.1. The van der Waals surface area contributed by atoms with Crippen molar-refractivity contribution in [1.29, 1.82) is 0 Å². The van der Waals surface area contributed by atoms with Crippen LogP contribution < -0.4 is 11.5 Å². The van der Waals surface area contributed by atoms with Gasteiger partial charge in [0.25, 0.3) is 0 Å². The van der Waals surface area contributed by atoms with Crippen LogP contribution in [0.1, 0.15) is 80.6 Å². The number of allylic oxidation sites excluding steroid dienone is 7. The average molecular weight is 401 g/mol. The smallest absolute Gasteiger partial charge is 0.169 e. The molecular weight excluding hydrogens is 356 g/mol. The number of Topliss-reactive ketones (excluding diaryl/α,β-unsaturated/α-hetero) is 1. The molecule has 1 rings (SSSR count). The van der Waals surface area contributed by atoms with Crippen molar-refractivity contribution in [2.24, 2.45) is 23.3 Å². The van der Waals surface area contributed by atoms with Crippen LogP contribution in [0, 0.1) is 11.8 Å². The van der Waals surface area contributed by atoms with Gasteiger partial charge in [-0.25, -0.2) is 0 Å². The van der Waals surface area contributed by atoms with Crippen molar-refractivity contribution >= 4 is 5.78 Å². The summed E-state index contributed by atoms with van der Waals surface area (Å²) in [6.45, 7) is 18.5. The van der Waals surface area contributed by atoms with E-state index in [0.717, 1.165) is 31.3 Å². The third-order valence-corrected chi connectivity index (χ3v) is 5.39. The van der Waals surface area contributed by atoms with E-state index in [1.807, 2.05) is 39.8 Å². The molecule has 3 unspecified atom stereocenters. The summed E-state index contributed by atoms with van der Waals surface area (Å²) in [5, 5.41) is 0. The lowest BCUT2D eigenvalue weighted by atomic mass is 9.79. The fourth-order valence-corrected chi connectivity index (χ4v) is 3.55. The summed E-state index contributed by atoms with van der Waals surface area (Å²) < 4.78 is 0. The van der Waals surface area contributed by atoms with Crippen LogP contribution in [0.5, 0.6) is 0 Å². The van der Waals surface area contributed by atoms with Crippen LogP contribution in [0.25, 0.3) is 0 Å². The molecule has 0 aliphatic heterocycles. The minimum atomic E-state index is -0.316. The number of nitrogens with two attached hydrogens (primary N) is 2. The lowest BCUT2D eigenvalue weighted by molar-refractivity contribution is -0.118.